The SMILES string of the molecule is CCCCCCCCOP(=O)([O-])[O-].[Na+].[Na+]. The fraction of sp³-hybridized carbons (Fsp3) is 1.00. The molecule has 0 aliphatic heterocycles. The van der Waals surface area contributed by atoms with Gasteiger partial charge in [0.05, 0.1) is 14.4 Å². The van der Waals surface area contributed by atoms with Crippen LogP contribution in [0.1, 0.15) is 45.4 Å². The first-order chi connectivity index (χ1) is 6.06. The number of phosphoric ester groups is 1. The quantitative estimate of drug-likeness (QED) is 0.247. The van der Waals surface area contributed by atoms with Gasteiger partial charge in [-0.25, -0.2) is 0 Å². The number of hydrogen-bond donors (Lipinski definition) is 0. The van der Waals surface area contributed by atoms with E-state index in [2.05, 4.69) is 11.4 Å². The Morgan fingerprint density at radius 1 is 1.00 bits per heavy atom. The van der Waals surface area contributed by atoms with Crippen molar-refractivity contribution in [3.63, 3.8) is 0 Å². The van der Waals surface area contributed by atoms with Crippen LogP contribution in [0.4, 0.5) is 0 Å². The molecule has 0 atom stereocenters. The molecule has 0 aliphatic rings. The van der Waals surface area contributed by atoms with Gasteiger partial charge in [0.15, 0.2) is 0 Å². The van der Waals surface area contributed by atoms with Crippen LogP contribution in [0.5, 0.6) is 0 Å². The van der Waals surface area contributed by atoms with E-state index in [0.29, 0.717) is 6.42 Å². The van der Waals surface area contributed by atoms with E-state index in [4.69, 9.17) is 0 Å². The molecule has 15 heavy (non-hydrogen) atoms. The second kappa shape index (κ2) is 14.2. The molecule has 0 rings (SSSR count). The topological polar surface area (TPSA) is 72.4 Å². The summed E-state index contributed by atoms with van der Waals surface area (Å²) in [5.41, 5.74) is 0. The standard InChI is InChI=1S/C8H19O4P.2Na/c1-2-3-4-5-6-7-8-12-13(9,10)11;;/h2-8H2,1H3,(H2,9,10,11);;/q;2*+1/p-2. The summed E-state index contributed by atoms with van der Waals surface area (Å²) in [4.78, 5) is 20.0. The molecule has 0 aromatic rings. The van der Waals surface area contributed by atoms with Gasteiger partial charge >= 0.3 is 59.1 Å². The van der Waals surface area contributed by atoms with E-state index in [-0.39, 0.29) is 65.7 Å². The molecule has 80 valence electrons. The Bertz CT molecular complexity index is 163. The Balaban J connectivity index is -0.000000720. The van der Waals surface area contributed by atoms with Crippen molar-refractivity contribution < 1.29 is 78.0 Å². The first-order valence-corrected chi connectivity index (χ1v) is 6.19. The van der Waals surface area contributed by atoms with E-state index in [1.165, 1.54) is 19.3 Å². The van der Waals surface area contributed by atoms with Gasteiger partial charge in [0.2, 0.25) is 0 Å². The summed E-state index contributed by atoms with van der Waals surface area (Å²) >= 11 is 0. The number of phosphoric acid groups is 1. The van der Waals surface area contributed by atoms with Gasteiger partial charge in [-0.1, -0.05) is 39.0 Å². The van der Waals surface area contributed by atoms with Gasteiger partial charge in [-0.2, -0.15) is 0 Å². The van der Waals surface area contributed by atoms with Crippen LogP contribution in [-0.4, -0.2) is 6.61 Å². The summed E-state index contributed by atoms with van der Waals surface area (Å²) in [7, 11) is -4.73. The van der Waals surface area contributed by atoms with Crippen molar-refractivity contribution in [3.8, 4) is 0 Å². The summed E-state index contributed by atoms with van der Waals surface area (Å²) in [6.07, 6.45) is 6.23. The zero-order chi connectivity index (χ0) is 10.2. The molecule has 0 saturated carbocycles. The first-order valence-electron chi connectivity index (χ1n) is 4.73. The molecule has 0 amide bonds. The minimum atomic E-state index is -4.73. The van der Waals surface area contributed by atoms with Crippen molar-refractivity contribution in [2.24, 2.45) is 0 Å². The van der Waals surface area contributed by atoms with Crippen molar-refractivity contribution >= 4 is 7.82 Å². The predicted molar refractivity (Wildman–Crippen MR) is 46.9 cm³/mol. The number of unbranched alkanes of at least 4 members (excludes halogenated alkanes) is 5. The summed E-state index contributed by atoms with van der Waals surface area (Å²) in [6.45, 7) is 2.17. The second-order valence-corrected chi connectivity index (χ2v) is 4.20. The molecule has 4 nitrogen and oxygen atoms in total. The van der Waals surface area contributed by atoms with Crippen LogP contribution in [0.2, 0.25) is 0 Å². The van der Waals surface area contributed by atoms with Crippen LogP contribution in [0.15, 0.2) is 0 Å². The Hall–Kier alpha value is 2.11. The van der Waals surface area contributed by atoms with Crippen molar-refractivity contribution in [1.29, 1.82) is 0 Å². The maximum absolute atomic E-state index is 10.0. The molecular weight excluding hydrogens is 237 g/mol. The van der Waals surface area contributed by atoms with Crippen LogP contribution >= 0.6 is 7.82 Å². The smallest absolute Gasteiger partial charge is 0.790 e. The van der Waals surface area contributed by atoms with Gasteiger partial charge in [-0.15, -0.1) is 0 Å². The van der Waals surface area contributed by atoms with Gasteiger partial charge in [0.1, 0.15) is 0 Å². The molecule has 0 fully saturated rings. The van der Waals surface area contributed by atoms with Crippen LogP contribution in [-0.2, 0) is 9.09 Å². The summed E-state index contributed by atoms with van der Waals surface area (Å²) in [5, 5.41) is 0. The largest absolute Gasteiger partial charge is 1.00 e. The predicted octanol–water partition coefficient (Wildman–Crippen LogP) is -4.80. The fourth-order valence-corrected chi connectivity index (χ4v) is 1.41. The molecule has 0 saturated heterocycles. The molecule has 0 spiro atoms. The van der Waals surface area contributed by atoms with Crippen molar-refractivity contribution in [2.75, 3.05) is 6.61 Å². The zero-order valence-corrected chi connectivity index (χ0v) is 14.9. The second-order valence-electron chi connectivity index (χ2n) is 3.05. The molecule has 7 heteroatoms. The average Bonchev–Trinajstić information content (AvgIpc) is 2.01. The zero-order valence-electron chi connectivity index (χ0n) is 10.0. The van der Waals surface area contributed by atoms with Crippen LogP contribution in [0, 0.1) is 0 Å². The van der Waals surface area contributed by atoms with Crippen molar-refractivity contribution in [3.05, 3.63) is 0 Å². The number of hydrogen-bond acceptors (Lipinski definition) is 4. The third-order valence-electron chi connectivity index (χ3n) is 1.75. The molecule has 0 aromatic carbocycles. The minimum Gasteiger partial charge on any atom is -0.790 e. The molecular formula is C8H17Na2O4P. The maximum atomic E-state index is 10.0. The molecule has 0 N–H and O–H groups in total. The number of rotatable bonds is 8. The van der Waals surface area contributed by atoms with E-state index >= 15 is 0 Å². The van der Waals surface area contributed by atoms with Gasteiger partial charge in [0, 0.05) is 0 Å². The van der Waals surface area contributed by atoms with E-state index in [1.54, 1.807) is 0 Å². The van der Waals surface area contributed by atoms with Gasteiger partial charge in [-0.05, 0) is 6.42 Å². The Kier molecular flexibility index (Phi) is 21.1. The van der Waals surface area contributed by atoms with Gasteiger partial charge in [-0.3, -0.25) is 0 Å². The van der Waals surface area contributed by atoms with Gasteiger partial charge in [0.25, 0.3) is 0 Å². The van der Waals surface area contributed by atoms with Gasteiger partial charge < -0.3 is 18.9 Å². The molecule has 0 radical (unpaired) electrons. The third-order valence-corrected chi connectivity index (χ3v) is 2.25. The first kappa shape index (κ1) is 22.3. The molecule has 0 aliphatic carbocycles. The van der Waals surface area contributed by atoms with Crippen molar-refractivity contribution in [1.82, 2.24) is 0 Å². The fourth-order valence-electron chi connectivity index (χ4n) is 1.06. The molecule has 0 heterocycles. The summed E-state index contributed by atoms with van der Waals surface area (Å²) in [6, 6.07) is 0. The minimum absolute atomic E-state index is 0. The van der Waals surface area contributed by atoms with Crippen LogP contribution < -0.4 is 68.9 Å². The third kappa shape index (κ3) is 21.9. The normalized spacial score (nSPS) is 10.3. The molecule has 0 aromatic heterocycles. The summed E-state index contributed by atoms with van der Waals surface area (Å²) < 4.78 is 14.1. The van der Waals surface area contributed by atoms with E-state index in [0.717, 1.165) is 12.8 Å². The van der Waals surface area contributed by atoms with Crippen LogP contribution in [0.25, 0.3) is 0 Å². The summed E-state index contributed by atoms with van der Waals surface area (Å²) in [5.74, 6) is 0. The van der Waals surface area contributed by atoms with Crippen LogP contribution in [0.3, 0.4) is 0 Å². The van der Waals surface area contributed by atoms with Crippen molar-refractivity contribution in [2.45, 2.75) is 45.4 Å². The molecule has 0 unspecified atom stereocenters. The van der Waals surface area contributed by atoms with E-state index in [1.807, 2.05) is 0 Å². The van der Waals surface area contributed by atoms with E-state index < -0.39 is 7.82 Å². The molecule has 0 bridgehead atoms. The van der Waals surface area contributed by atoms with E-state index in [9.17, 15) is 14.4 Å². The maximum Gasteiger partial charge on any atom is 1.00 e. The monoisotopic (exact) mass is 254 g/mol. The Morgan fingerprint density at radius 2 is 1.47 bits per heavy atom. The Morgan fingerprint density at radius 3 is 1.93 bits per heavy atom. The average molecular weight is 254 g/mol. The Labute approximate surface area is 136 Å².